The number of nitrogens with zero attached hydrogens (tertiary/aromatic N) is 1. The second-order valence-electron chi connectivity index (χ2n) is 4.93. The molecule has 1 saturated heterocycles. The standard InChI is InChI=1S/C14H22N2O/c1-16(11-14-7-2-3-8-17-14)10-12-5-4-6-13(15)9-12/h4-6,9,14H,2-3,7-8,10-11,15H2,1H3. The van der Waals surface area contributed by atoms with Gasteiger partial charge in [-0.3, -0.25) is 4.90 Å². The average molecular weight is 234 g/mol. The lowest BCUT2D eigenvalue weighted by Gasteiger charge is -2.27. The fourth-order valence-electron chi connectivity index (χ4n) is 2.37. The molecule has 1 aromatic rings. The molecule has 1 fully saturated rings. The molecule has 3 nitrogen and oxygen atoms in total. The van der Waals surface area contributed by atoms with Crippen LogP contribution in [0.1, 0.15) is 24.8 Å². The summed E-state index contributed by atoms with van der Waals surface area (Å²) < 4.78 is 5.74. The molecule has 0 amide bonds. The highest BCUT2D eigenvalue weighted by Crippen LogP contribution is 2.15. The predicted octanol–water partition coefficient (Wildman–Crippen LogP) is 2.27. The van der Waals surface area contributed by atoms with Crippen molar-refractivity contribution in [3.05, 3.63) is 29.8 Å². The van der Waals surface area contributed by atoms with Crippen molar-refractivity contribution in [3.8, 4) is 0 Å². The second-order valence-corrected chi connectivity index (χ2v) is 4.93. The lowest BCUT2D eigenvalue weighted by Crippen LogP contribution is -2.33. The molecule has 2 N–H and O–H groups in total. The van der Waals surface area contributed by atoms with E-state index in [0.29, 0.717) is 6.10 Å². The molecule has 1 unspecified atom stereocenters. The van der Waals surface area contributed by atoms with E-state index in [1.54, 1.807) is 0 Å². The zero-order chi connectivity index (χ0) is 12.1. The summed E-state index contributed by atoms with van der Waals surface area (Å²) in [4.78, 5) is 2.31. The minimum atomic E-state index is 0.412. The minimum Gasteiger partial charge on any atom is -0.399 e. The lowest BCUT2D eigenvalue weighted by molar-refractivity contribution is -0.00258. The van der Waals surface area contributed by atoms with E-state index in [1.165, 1.54) is 24.8 Å². The molecule has 3 heteroatoms. The number of rotatable bonds is 4. The van der Waals surface area contributed by atoms with Crippen molar-refractivity contribution in [3.63, 3.8) is 0 Å². The quantitative estimate of drug-likeness (QED) is 0.812. The molecule has 94 valence electrons. The van der Waals surface area contributed by atoms with Gasteiger partial charge in [-0.15, -0.1) is 0 Å². The van der Waals surface area contributed by atoms with E-state index in [2.05, 4.69) is 18.0 Å². The summed E-state index contributed by atoms with van der Waals surface area (Å²) in [5, 5.41) is 0. The first-order valence-corrected chi connectivity index (χ1v) is 6.38. The first kappa shape index (κ1) is 12.4. The zero-order valence-electron chi connectivity index (χ0n) is 10.6. The molecule has 1 heterocycles. The van der Waals surface area contributed by atoms with E-state index in [9.17, 15) is 0 Å². The molecule has 1 aliphatic rings. The molecule has 17 heavy (non-hydrogen) atoms. The Kier molecular flexibility index (Phi) is 4.40. The van der Waals surface area contributed by atoms with Gasteiger partial charge in [0, 0.05) is 25.4 Å². The van der Waals surface area contributed by atoms with Crippen LogP contribution in [0, 0.1) is 0 Å². The number of likely N-dealkylation sites (N-methyl/N-ethyl adjacent to an activating group) is 1. The van der Waals surface area contributed by atoms with Crippen molar-refractivity contribution in [1.82, 2.24) is 4.90 Å². The van der Waals surface area contributed by atoms with Gasteiger partial charge in [0.1, 0.15) is 0 Å². The summed E-state index contributed by atoms with van der Waals surface area (Å²) in [5.41, 5.74) is 7.88. The summed E-state index contributed by atoms with van der Waals surface area (Å²) in [7, 11) is 2.14. The maximum Gasteiger partial charge on any atom is 0.0702 e. The van der Waals surface area contributed by atoms with E-state index in [0.717, 1.165) is 25.4 Å². The van der Waals surface area contributed by atoms with Gasteiger partial charge in [-0.1, -0.05) is 12.1 Å². The van der Waals surface area contributed by atoms with Crippen LogP contribution >= 0.6 is 0 Å². The molecular weight excluding hydrogens is 212 g/mol. The Balaban J connectivity index is 1.82. The maximum atomic E-state index is 5.78. The van der Waals surface area contributed by atoms with Gasteiger partial charge in [0.15, 0.2) is 0 Å². The smallest absolute Gasteiger partial charge is 0.0702 e. The van der Waals surface area contributed by atoms with E-state index >= 15 is 0 Å². The number of anilines is 1. The third-order valence-electron chi connectivity index (χ3n) is 3.19. The van der Waals surface area contributed by atoms with Gasteiger partial charge in [-0.2, -0.15) is 0 Å². The van der Waals surface area contributed by atoms with Crippen LogP contribution in [0.25, 0.3) is 0 Å². The Morgan fingerprint density at radius 3 is 3.00 bits per heavy atom. The molecule has 1 aromatic carbocycles. The maximum absolute atomic E-state index is 5.78. The van der Waals surface area contributed by atoms with Crippen molar-refractivity contribution >= 4 is 5.69 Å². The van der Waals surface area contributed by atoms with Crippen LogP contribution in [0.4, 0.5) is 5.69 Å². The van der Waals surface area contributed by atoms with Crippen LogP contribution in [0.15, 0.2) is 24.3 Å². The third kappa shape index (κ3) is 4.02. The fourth-order valence-corrected chi connectivity index (χ4v) is 2.37. The number of ether oxygens (including phenoxy) is 1. The number of nitrogens with two attached hydrogens (primary N) is 1. The Hall–Kier alpha value is -1.06. The van der Waals surface area contributed by atoms with Crippen LogP contribution in [0.2, 0.25) is 0 Å². The molecule has 0 bridgehead atoms. The first-order valence-electron chi connectivity index (χ1n) is 6.38. The van der Waals surface area contributed by atoms with Crippen LogP contribution < -0.4 is 5.73 Å². The normalized spacial score (nSPS) is 20.7. The summed E-state index contributed by atoms with van der Waals surface area (Å²) in [6, 6.07) is 8.09. The van der Waals surface area contributed by atoms with E-state index in [1.807, 2.05) is 18.2 Å². The van der Waals surface area contributed by atoms with Crippen molar-refractivity contribution in [1.29, 1.82) is 0 Å². The van der Waals surface area contributed by atoms with Gasteiger partial charge in [0.2, 0.25) is 0 Å². The van der Waals surface area contributed by atoms with Gasteiger partial charge in [0.25, 0.3) is 0 Å². The molecule has 2 rings (SSSR count). The fraction of sp³-hybridized carbons (Fsp3) is 0.571. The number of hydrogen-bond acceptors (Lipinski definition) is 3. The Morgan fingerprint density at radius 2 is 2.29 bits per heavy atom. The molecule has 0 radical (unpaired) electrons. The second kappa shape index (κ2) is 6.03. The van der Waals surface area contributed by atoms with Crippen LogP contribution in [0.3, 0.4) is 0 Å². The number of hydrogen-bond donors (Lipinski definition) is 1. The average Bonchev–Trinajstić information content (AvgIpc) is 2.30. The van der Waals surface area contributed by atoms with Crippen LogP contribution in [-0.2, 0) is 11.3 Å². The molecule has 0 aliphatic carbocycles. The summed E-state index contributed by atoms with van der Waals surface area (Å²) >= 11 is 0. The Morgan fingerprint density at radius 1 is 1.41 bits per heavy atom. The van der Waals surface area contributed by atoms with E-state index in [-0.39, 0.29) is 0 Å². The summed E-state index contributed by atoms with van der Waals surface area (Å²) in [6.07, 6.45) is 4.13. The highest BCUT2D eigenvalue weighted by molar-refractivity contribution is 5.40. The Bertz CT molecular complexity index is 348. The van der Waals surface area contributed by atoms with Crippen molar-refractivity contribution in [2.45, 2.75) is 31.9 Å². The number of benzene rings is 1. The SMILES string of the molecule is CN(Cc1cccc(N)c1)CC1CCCCO1. The van der Waals surface area contributed by atoms with Crippen molar-refractivity contribution in [2.24, 2.45) is 0 Å². The van der Waals surface area contributed by atoms with E-state index in [4.69, 9.17) is 10.5 Å². The van der Waals surface area contributed by atoms with Crippen molar-refractivity contribution in [2.75, 3.05) is 25.9 Å². The highest BCUT2D eigenvalue weighted by atomic mass is 16.5. The topological polar surface area (TPSA) is 38.5 Å². The molecule has 0 aromatic heterocycles. The summed E-state index contributed by atoms with van der Waals surface area (Å²) in [5.74, 6) is 0. The first-order chi connectivity index (χ1) is 8.24. The summed E-state index contributed by atoms with van der Waals surface area (Å²) in [6.45, 7) is 2.87. The molecule has 0 spiro atoms. The highest BCUT2D eigenvalue weighted by Gasteiger charge is 2.15. The van der Waals surface area contributed by atoms with Gasteiger partial charge in [0.05, 0.1) is 6.10 Å². The van der Waals surface area contributed by atoms with Gasteiger partial charge < -0.3 is 10.5 Å². The van der Waals surface area contributed by atoms with Gasteiger partial charge >= 0.3 is 0 Å². The van der Waals surface area contributed by atoms with Crippen molar-refractivity contribution < 1.29 is 4.74 Å². The molecular formula is C14H22N2O. The molecule has 0 saturated carbocycles. The predicted molar refractivity (Wildman–Crippen MR) is 70.8 cm³/mol. The zero-order valence-corrected chi connectivity index (χ0v) is 10.6. The number of nitrogen functional groups attached to an aromatic ring is 1. The minimum absolute atomic E-state index is 0.412. The monoisotopic (exact) mass is 234 g/mol. The van der Waals surface area contributed by atoms with Gasteiger partial charge in [-0.05, 0) is 44.0 Å². The molecule has 1 aliphatic heterocycles. The van der Waals surface area contributed by atoms with Gasteiger partial charge in [-0.25, -0.2) is 0 Å². The third-order valence-corrected chi connectivity index (χ3v) is 3.19. The van der Waals surface area contributed by atoms with Crippen LogP contribution in [0.5, 0.6) is 0 Å². The van der Waals surface area contributed by atoms with Crippen LogP contribution in [-0.4, -0.2) is 31.2 Å². The largest absolute Gasteiger partial charge is 0.399 e. The molecule has 1 atom stereocenters. The lowest BCUT2D eigenvalue weighted by atomic mass is 10.1. The van der Waals surface area contributed by atoms with E-state index < -0.39 is 0 Å². The Labute approximate surface area is 104 Å².